The first kappa shape index (κ1) is 23.3. The van der Waals surface area contributed by atoms with Crippen LogP contribution in [0, 0.1) is 0 Å². The lowest BCUT2D eigenvalue weighted by Gasteiger charge is -2.27. The Morgan fingerprint density at radius 2 is 1.75 bits per heavy atom. The van der Waals surface area contributed by atoms with Crippen LogP contribution < -0.4 is 15.4 Å². The highest BCUT2D eigenvalue weighted by atomic mass is 16.5. The van der Waals surface area contributed by atoms with E-state index in [2.05, 4.69) is 23.8 Å². The second-order valence-electron chi connectivity index (χ2n) is 9.00. The van der Waals surface area contributed by atoms with Crippen molar-refractivity contribution >= 4 is 29.3 Å². The zero-order valence-electron chi connectivity index (χ0n) is 19.8. The summed E-state index contributed by atoms with van der Waals surface area (Å²) in [4.78, 5) is 53.2. The van der Waals surface area contributed by atoms with Crippen LogP contribution >= 0.6 is 0 Å². The van der Waals surface area contributed by atoms with Gasteiger partial charge in [-0.25, -0.2) is 0 Å². The van der Waals surface area contributed by atoms with E-state index in [4.69, 9.17) is 4.74 Å². The molecule has 2 aromatic carbocycles. The van der Waals surface area contributed by atoms with Gasteiger partial charge in [-0.3, -0.25) is 24.1 Å². The summed E-state index contributed by atoms with van der Waals surface area (Å²) in [5.41, 5.74) is 3.33. The Balaban J connectivity index is 1.32. The largest absolute Gasteiger partial charge is 0.482 e. The molecule has 1 fully saturated rings. The highest BCUT2D eigenvalue weighted by Crippen LogP contribution is 2.38. The second kappa shape index (κ2) is 9.33. The van der Waals surface area contributed by atoms with E-state index in [1.54, 1.807) is 23.1 Å². The van der Waals surface area contributed by atoms with Gasteiger partial charge in [-0.2, -0.15) is 0 Å². The third-order valence-corrected chi connectivity index (χ3v) is 6.65. The highest BCUT2D eigenvalue weighted by molar-refractivity contribution is 6.08. The van der Waals surface area contributed by atoms with E-state index in [0.29, 0.717) is 30.1 Å². The van der Waals surface area contributed by atoms with Crippen LogP contribution in [0.3, 0.4) is 0 Å². The van der Waals surface area contributed by atoms with E-state index in [-0.39, 0.29) is 42.3 Å². The van der Waals surface area contributed by atoms with Crippen LogP contribution in [0.15, 0.2) is 61.0 Å². The lowest BCUT2D eigenvalue weighted by atomic mass is 9.96. The minimum Gasteiger partial charge on any atom is -0.482 e. The SMILES string of the molecule is C=C(NC(=O)C(=C)N1Cc2c(cccc2-c2ccc3c(c2)OCC(=O)N3)C1=O)C(=O)N1CCCCC1. The van der Waals surface area contributed by atoms with Gasteiger partial charge in [0.05, 0.1) is 17.9 Å². The molecule has 36 heavy (non-hydrogen) atoms. The number of carbonyl (C=O) groups is 4. The molecule has 0 unspecified atom stereocenters. The summed E-state index contributed by atoms with van der Waals surface area (Å²) in [6.07, 6.45) is 2.93. The number of likely N-dealkylation sites (tertiary alicyclic amines) is 1. The first-order valence-corrected chi connectivity index (χ1v) is 11.8. The first-order valence-electron chi connectivity index (χ1n) is 11.8. The Hall–Kier alpha value is -4.40. The Bertz CT molecular complexity index is 1330. The standard InChI is InChI=1S/C27H26N4O5/c1-16(26(34)30-11-4-3-5-12-30)28-25(33)17(2)31-14-21-19(7-6-8-20(21)27(31)35)18-9-10-22-23(13-18)36-15-24(32)29-22/h6-10,13H,1-5,11-12,14-15H2,(H,28,33)(H,29,32). The van der Waals surface area contributed by atoms with E-state index < -0.39 is 5.91 Å². The number of amides is 4. The Morgan fingerprint density at radius 1 is 1.00 bits per heavy atom. The number of ether oxygens (including phenoxy) is 1. The van der Waals surface area contributed by atoms with Crippen LogP contribution in [0.1, 0.15) is 35.2 Å². The minimum absolute atomic E-state index is 0.0333. The van der Waals surface area contributed by atoms with Gasteiger partial charge in [0.1, 0.15) is 11.4 Å². The van der Waals surface area contributed by atoms with Gasteiger partial charge in [0.25, 0.3) is 23.6 Å². The van der Waals surface area contributed by atoms with Gasteiger partial charge in [-0.15, -0.1) is 0 Å². The predicted molar refractivity (Wildman–Crippen MR) is 133 cm³/mol. The highest BCUT2D eigenvalue weighted by Gasteiger charge is 2.34. The number of rotatable bonds is 5. The molecule has 0 radical (unpaired) electrons. The zero-order chi connectivity index (χ0) is 25.4. The minimum atomic E-state index is -0.647. The molecule has 9 heteroatoms. The van der Waals surface area contributed by atoms with Crippen molar-refractivity contribution in [1.29, 1.82) is 0 Å². The fourth-order valence-corrected chi connectivity index (χ4v) is 4.74. The van der Waals surface area contributed by atoms with E-state index >= 15 is 0 Å². The fourth-order valence-electron chi connectivity index (χ4n) is 4.74. The number of anilines is 1. The Morgan fingerprint density at radius 3 is 2.53 bits per heavy atom. The summed E-state index contributed by atoms with van der Waals surface area (Å²) in [6, 6.07) is 10.8. The summed E-state index contributed by atoms with van der Waals surface area (Å²) in [5.74, 6) is -0.979. The van der Waals surface area contributed by atoms with Crippen LogP contribution in [0.2, 0.25) is 0 Å². The molecule has 0 aromatic heterocycles. The van der Waals surface area contributed by atoms with Gasteiger partial charge in [-0.05, 0) is 54.2 Å². The van der Waals surface area contributed by atoms with Crippen molar-refractivity contribution in [3.8, 4) is 16.9 Å². The quantitative estimate of drug-likeness (QED) is 0.632. The number of piperidine rings is 1. The maximum absolute atomic E-state index is 13.2. The molecule has 3 aliphatic heterocycles. The van der Waals surface area contributed by atoms with E-state index in [1.807, 2.05) is 18.2 Å². The molecule has 184 valence electrons. The molecule has 0 atom stereocenters. The molecule has 1 saturated heterocycles. The summed E-state index contributed by atoms with van der Waals surface area (Å²) >= 11 is 0. The predicted octanol–water partition coefficient (Wildman–Crippen LogP) is 2.80. The van der Waals surface area contributed by atoms with Crippen molar-refractivity contribution in [3.05, 3.63) is 72.1 Å². The number of nitrogens with zero attached hydrogens (tertiary/aromatic N) is 2. The average molecular weight is 487 g/mol. The van der Waals surface area contributed by atoms with Crippen LogP contribution in [-0.2, 0) is 20.9 Å². The van der Waals surface area contributed by atoms with Gasteiger partial charge < -0.3 is 20.3 Å². The number of fused-ring (bicyclic) bond motifs is 2. The molecule has 0 bridgehead atoms. The molecule has 4 amide bonds. The number of nitrogens with one attached hydrogen (secondary N) is 2. The van der Waals surface area contributed by atoms with Gasteiger partial charge in [0, 0.05) is 18.7 Å². The lowest BCUT2D eigenvalue weighted by molar-refractivity contribution is -0.130. The van der Waals surface area contributed by atoms with Crippen LogP contribution in [0.5, 0.6) is 5.75 Å². The molecule has 0 spiro atoms. The number of hydrogen-bond donors (Lipinski definition) is 2. The fraction of sp³-hybridized carbons (Fsp3) is 0.259. The van der Waals surface area contributed by atoms with E-state index in [9.17, 15) is 19.2 Å². The second-order valence-corrected chi connectivity index (χ2v) is 9.00. The maximum atomic E-state index is 13.2. The number of hydrogen-bond acceptors (Lipinski definition) is 5. The smallest absolute Gasteiger partial charge is 0.271 e. The molecule has 0 saturated carbocycles. The van der Waals surface area contributed by atoms with Crippen molar-refractivity contribution in [2.45, 2.75) is 25.8 Å². The van der Waals surface area contributed by atoms with Gasteiger partial charge >= 0.3 is 0 Å². The summed E-state index contributed by atoms with van der Waals surface area (Å²) in [6.45, 7) is 8.92. The van der Waals surface area contributed by atoms with Crippen LogP contribution in [-0.4, -0.2) is 53.1 Å². The molecular formula is C27H26N4O5. The summed E-state index contributed by atoms with van der Waals surface area (Å²) in [7, 11) is 0. The van der Waals surface area contributed by atoms with Gasteiger partial charge in [0.15, 0.2) is 6.61 Å². The topological polar surface area (TPSA) is 108 Å². The molecule has 5 rings (SSSR count). The lowest BCUT2D eigenvalue weighted by Crippen LogP contribution is -2.42. The Labute approximate surface area is 208 Å². The molecule has 2 N–H and O–H groups in total. The van der Waals surface area contributed by atoms with Gasteiger partial charge in [-0.1, -0.05) is 31.4 Å². The third kappa shape index (κ3) is 4.24. The number of benzene rings is 2. The van der Waals surface area contributed by atoms with E-state index in [0.717, 1.165) is 36.0 Å². The summed E-state index contributed by atoms with van der Waals surface area (Å²) < 4.78 is 5.53. The zero-order valence-corrected chi connectivity index (χ0v) is 19.8. The third-order valence-electron chi connectivity index (χ3n) is 6.65. The number of carbonyl (C=O) groups excluding carboxylic acids is 4. The van der Waals surface area contributed by atoms with Crippen molar-refractivity contribution in [3.63, 3.8) is 0 Å². The average Bonchev–Trinajstić information content (AvgIpc) is 3.24. The van der Waals surface area contributed by atoms with Crippen LogP contribution in [0.4, 0.5) is 5.69 Å². The monoisotopic (exact) mass is 486 g/mol. The maximum Gasteiger partial charge on any atom is 0.271 e. The molecule has 3 heterocycles. The first-order chi connectivity index (χ1) is 17.3. The van der Waals surface area contributed by atoms with Crippen molar-refractivity contribution in [2.24, 2.45) is 0 Å². The molecule has 2 aromatic rings. The van der Waals surface area contributed by atoms with Gasteiger partial charge in [0.2, 0.25) is 0 Å². The summed E-state index contributed by atoms with van der Waals surface area (Å²) in [5, 5.41) is 5.28. The molecule has 3 aliphatic rings. The van der Waals surface area contributed by atoms with Crippen molar-refractivity contribution in [1.82, 2.24) is 15.1 Å². The molecular weight excluding hydrogens is 460 g/mol. The molecule has 9 nitrogen and oxygen atoms in total. The normalized spacial score (nSPS) is 16.4. The van der Waals surface area contributed by atoms with Crippen molar-refractivity contribution in [2.75, 3.05) is 25.0 Å². The Kier molecular flexibility index (Phi) is 6.05. The van der Waals surface area contributed by atoms with Crippen LogP contribution in [0.25, 0.3) is 11.1 Å². The molecule has 0 aliphatic carbocycles. The van der Waals surface area contributed by atoms with E-state index in [1.165, 1.54) is 4.90 Å². The van der Waals surface area contributed by atoms with Crippen molar-refractivity contribution < 1.29 is 23.9 Å².